The third kappa shape index (κ3) is 6.25. The normalized spacial score (nSPS) is 11.7. The van der Waals surface area contributed by atoms with Crippen molar-refractivity contribution in [1.29, 1.82) is 0 Å². The number of nitrogens with zero attached hydrogens (tertiary/aromatic N) is 2. The highest BCUT2D eigenvalue weighted by molar-refractivity contribution is 5.71. The maximum Gasteiger partial charge on any atom is 0.260 e. The fraction of sp³-hybridized carbons (Fsp3) is 0.167. The number of benzene rings is 2. The van der Waals surface area contributed by atoms with Crippen LogP contribution in [0.25, 0.3) is 23.5 Å². The van der Waals surface area contributed by atoms with Crippen molar-refractivity contribution >= 4 is 12.2 Å². The van der Waals surface area contributed by atoms with E-state index < -0.39 is 23.8 Å². The molecule has 0 atom stereocenters. The van der Waals surface area contributed by atoms with Gasteiger partial charge in [-0.15, -0.1) is 0 Å². The first kappa shape index (κ1) is 22.2. The average molecular weight is 428 g/mol. The fourth-order valence-electron chi connectivity index (χ4n) is 2.81. The molecule has 0 unspecified atom stereocenters. The molecule has 0 saturated heterocycles. The van der Waals surface area contributed by atoms with Crippen LogP contribution in [0.4, 0.5) is 17.6 Å². The number of alkyl halides is 2. The van der Waals surface area contributed by atoms with Crippen LogP contribution in [0.2, 0.25) is 0 Å². The molecule has 1 heterocycles. The van der Waals surface area contributed by atoms with Gasteiger partial charge in [0.25, 0.3) is 6.43 Å². The maximum absolute atomic E-state index is 14.0. The summed E-state index contributed by atoms with van der Waals surface area (Å²) in [6.45, 7) is 2.10. The van der Waals surface area contributed by atoms with Crippen LogP contribution in [-0.4, -0.2) is 16.4 Å². The Morgan fingerprint density at radius 2 is 1.55 bits per heavy atom. The molecule has 3 aromatic rings. The number of aromatic nitrogens is 2. The molecule has 0 aliphatic heterocycles. The molecule has 31 heavy (non-hydrogen) atoms. The summed E-state index contributed by atoms with van der Waals surface area (Å²) in [7, 11) is 0. The third-order valence-electron chi connectivity index (χ3n) is 4.31. The molecule has 0 amide bonds. The van der Waals surface area contributed by atoms with E-state index in [4.69, 9.17) is 0 Å². The maximum atomic E-state index is 14.0. The van der Waals surface area contributed by atoms with Crippen LogP contribution in [0.3, 0.4) is 0 Å². The van der Waals surface area contributed by atoms with E-state index >= 15 is 0 Å². The number of allylic oxidation sites excluding steroid dienone is 1. The summed E-state index contributed by atoms with van der Waals surface area (Å²) < 4.78 is 56.8. The second-order valence-corrected chi connectivity index (χ2v) is 6.71. The quantitative estimate of drug-likeness (QED) is 0.227. The molecule has 0 spiro atoms. The molecule has 0 aliphatic carbocycles. The Hall–Kier alpha value is -3.48. The fourth-order valence-corrected chi connectivity index (χ4v) is 2.81. The Balaban J connectivity index is 1.70. The Bertz CT molecular complexity index is 1040. The lowest BCUT2D eigenvalue weighted by Crippen LogP contribution is -1.94. The SMILES string of the molecule is CCCc1cnc(-c2ccc(C=Cc3cc(F)c(OC=CC(F)F)c(F)c3)cc2)nc1. The summed E-state index contributed by atoms with van der Waals surface area (Å²) in [5.41, 5.74) is 3.02. The molecule has 1 aromatic heterocycles. The van der Waals surface area contributed by atoms with Crippen LogP contribution in [0.1, 0.15) is 30.0 Å². The van der Waals surface area contributed by atoms with Gasteiger partial charge in [0.05, 0.1) is 6.26 Å². The van der Waals surface area contributed by atoms with Gasteiger partial charge >= 0.3 is 0 Å². The standard InChI is InChI=1S/C24H20F4N2O/c1-2-3-18-14-29-24(30-15-18)19-8-6-16(7-9-19)4-5-17-12-20(25)23(21(26)13-17)31-11-10-22(27)28/h4-15,22H,2-3H2,1H3. The second kappa shape index (κ2) is 10.5. The van der Waals surface area contributed by atoms with Crippen molar-refractivity contribution in [3.63, 3.8) is 0 Å². The van der Waals surface area contributed by atoms with Gasteiger partial charge in [-0.05, 0) is 35.2 Å². The first-order valence-corrected chi connectivity index (χ1v) is 9.66. The van der Waals surface area contributed by atoms with Crippen molar-refractivity contribution in [3.05, 3.63) is 89.5 Å². The van der Waals surface area contributed by atoms with Gasteiger partial charge in [0, 0.05) is 24.0 Å². The van der Waals surface area contributed by atoms with Crippen molar-refractivity contribution in [2.45, 2.75) is 26.2 Å². The van der Waals surface area contributed by atoms with Gasteiger partial charge in [-0.1, -0.05) is 49.8 Å². The van der Waals surface area contributed by atoms with E-state index in [2.05, 4.69) is 21.6 Å². The van der Waals surface area contributed by atoms with E-state index in [1.807, 2.05) is 36.7 Å². The Morgan fingerprint density at radius 3 is 2.13 bits per heavy atom. The zero-order valence-electron chi connectivity index (χ0n) is 16.7. The molecule has 0 saturated carbocycles. The lowest BCUT2D eigenvalue weighted by Gasteiger charge is -2.05. The van der Waals surface area contributed by atoms with Crippen molar-refractivity contribution in [2.24, 2.45) is 0 Å². The van der Waals surface area contributed by atoms with Crippen molar-refractivity contribution in [2.75, 3.05) is 0 Å². The Morgan fingerprint density at radius 1 is 0.935 bits per heavy atom. The molecule has 7 heteroatoms. The summed E-state index contributed by atoms with van der Waals surface area (Å²) in [4.78, 5) is 8.76. The molecule has 0 bridgehead atoms. The predicted octanol–water partition coefficient (Wildman–Crippen LogP) is 6.70. The van der Waals surface area contributed by atoms with Crippen molar-refractivity contribution < 1.29 is 22.3 Å². The molecule has 0 radical (unpaired) electrons. The average Bonchev–Trinajstić information content (AvgIpc) is 2.75. The van der Waals surface area contributed by atoms with Crippen LogP contribution in [0.15, 0.2) is 61.1 Å². The molecule has 3 nitrogen and oxygen atoms in total. The Labute approximate surface area is 177 Å². The van der Waals surface area contributed by atoms with E-state index in [-0.39, 0.29) is 5.56 Å². The van der Waals surface area contributed by atoms with E-state index in [1.165, 1.54) is 6.08 Å². The summed E-state index contributed by atoms with van der Waals surface area (Å²) in [5, 5.41) is 0. The largest absolute Gasteiger partial charge is 0.459 e. The third-order valence-corrected chi connectivity index (χ3v) is 4.31. The molecule has 2 aromatic carbocycles. The topological polar surface area (TPSA) is 35.0 Å². The lowest BCUT2D eigenvalue weighted by molar-refractivity contribution is 0.200. The van der Waals surface area contributed by atoms with Gasteiger partial charge in [-0.3, -0.25) is 0 Å². The summed E-state index contributed by atoms with van der Waals surface area (Å²) >= 11 is 0. The highest BCUT2D eigenvalue weighted by atomic mass is 19.3. The van der Waals surface area contributed by atoms with E-state index in [0.717, 1.165) is 41.7 Å². The van der Waals surface area contributed by atoms with E-state index in [9.17, 15) is 17.6 Å². The van der Waals surface area contributed by atoms with Crippen molar-refractivity contribution in [1.82, 2.24) is 9.97 Å². The van der Waals surface area contributed by atoms with Gasteiger partial charge < -0.3 is 4.74 Å². The van der Waals surface area contributed by atoms with Crippen LogP contribution < -0.4 is 4.74 Å². The minimum absolute atomic E-state index is 0.263. The zero-order valence-corrected chi connectivity index (χ0v) is 16.7. The minimum atomic E-state index is -2.77. The minimum Gasteiger partial charge on any atom is -0.459 e. The Kier molecular flexibility index (Phi) is 7.54. The van der Waals surface area contributed by atoms with Gasteiger partial charge in [0.15, 0.2) is 23.2 Å². The predicted molar refractivity (Wildman–Crippen MR) is 113 cm³/mol. The first-order valence-electron chi connectivity index (χ1n) is 9.66. The van der Waals surface area contributed by atoms with Gasteiger partial charge in [0.1, 0.15) is 0 Å². The lowest BCUT2D eigenvalue weighted by atomic mass is 10.1. The van der Waals surface area contributed by atoms with Crippen molar-refractivity contribution in [3.8, 4) is 17.1 Å². The molecule has 0 N–H and O–H groups in total. The zero-order chi connectivity index (χ0) is 22.2. The monoisotopic (exact) mass is 428 g/mol. The highest BCUT2D eigenvalue weighted by Crippen LogP contribution is 2.25. The van der Waals surface area contributed by atoms with Gasteiger partial charge in [-0.2, -0.15) is 0 Å². The number of rotatable bonds is 8. The molecular formula is C24H20F4N2O. The summed E-state index contributed by atoms with van der Waals surface area (Å²) in [6.07, 6.45) is 7.01. The first-order chi connectivity index (χ1) is 15.0. The number of halogens is 4. The number of ether oxygens (including phenoxy) is 1. The molecule has 0 fully saturated rings. The van der Waals surface area contributed by atoms with Crippen LogP contribution in [0, 0.1) is 11.6 Å². The molecule has 0 aliphatic rings. The van der Waals surface area contributed by atoms with E-state index in [0.29, 0.717) is 18.2 Å². The summed E-state index contributed by atoms with van der Waals surface area (Å²) in [6, 6.07) is 9.53. The van der Waals surface area contributed by atoms with Gasteiger partial charge in [-0.25, -0.2) is 27.5 Å². The highest BCUT2D eigenvalue weighted by Gasteiger charge is 2.11. The van der Waals surface area contributed by atoms with Crippen LogP contribution in [-0.2, 0) is 6.42 Å². The summed E-state index contributed by atoms with van der Waals surface area (Å²) in [5.74, 6) is -2.09. The molecular weight excluding hydrogens is 408 g/mol. The number of hydrogen-bond donors (Lipinski definition) is 0. The molecule has 160 valence electrons. The van der Waals surface area contributed by atoms with Gasteiger partial charge in [0.2, 0.25) is 0 Å². The van der Waals surface area contributed by atoms with E-state index in [1.54, 1.807) is 6.08 Å². The number of aryl methyl sites for hydroxylation is 1. The van der Waals surface area contributed by atoms with Crippen LogP contribution in [0.5, 0.6) is 5.75 Å². The number of hydrogen-bond acceptors (Lipinski definition) is 3. The van der Waals surface area contributed by atoms with Crippen LogP contribution >= 0.6 is 0 Å². The smallest absolute Gasteiger partial charge is 0.260 e. The second-order valence-electron chi connectivity index (χ2n) is 6.71. The molecule has 3 rings (SSSR count).